The van der Waals surface area contributed by atoms with Crippen LogP contribution in [0.5, 0.6) is 0 Å². The molecule has 0 saturated carbocycles. The summed E-state index contributed by atoms with van der Waals surface area (Å²) in [5.41, 5.74) is 2.56. The third kappa shape index (κ3) is 2.11. The minimum Gasteiger partial charge on any atom is -0.294 e. The zero-order valence-electron chi connectivity index (χ0n) is 7.82. The average molecular weight is 222 g/mol. The van der Waals surface area contributed by atoms with Crippen molar-refractivity contribution in [2.45, 2.75) is 13.3 Å². The van der Waals surface area contributed by atoms with Gasteiger partial charge in [-0.15, -0.1) is 11.3 Å². The van der Waals surface area contributed by atoms with E-state index in [0.29, 0.717) is 0 Å². The second-order valence-electron chi connectivity index (χ2n) is 3.18. The number of thiophene rings is 2. The molecule has 0 spiro atoms. The first kappa shape index (κ1) is 9.62. The number of carbonyl (C=O) groups excluding carboxylic acids is 1. The predicted octanol–water partition coefficient (Wildman–Crippen LogP) is 3.60. The fourth-order valence-corrected chi connectivity index (χ4v) is 2.77. The normalized spacial score (nSPS) is 10.4. The molecule has 0 saturated heterocycles. The highest BCUT2D eigenvalue weighted by atomic mass is 32.1. The Hall–Kier alpha value is -0.930. The van der Waals surface area contributed by atoms with Gasteiger partial charge in [-0.25, -0.2) is 0 Å². The van der Waals surface area contributed by atoms with E-state index in [-0.39, 0.29) is 5.78 Å². The molecule has 0 N–H and O–H groups in total. The first-order chi connectivity index (χ1) is 6.75. The van der Waals surface area contributed by atoms with Crippen molar-refractivity contribution >= 4 is 28.5 Å². The van der Waals surface area contributed by atoms with Crippen molar-refractivity contribution in [3.63, 3.8) is 0 Å². The summed E-state index contributed by atoms with van der Waals surface area (Å²) in [6, 6.07) is 4.11. The minimum absolute atomic E-state index is 0.159. The SMILES string of the molecule is CC(=O)c1cc(Cc2ccsc2)cs1. The molecule has 0 unspecified atom stereocenters. The van der Waals surface area contributed by atoms with Gasteiger partial charge in [0.25, 0.3) is 0 Å². The average Bonchev–Trinajstić information content (AvgIpc) is 2.75. The van der Waals surface area contributed by atoms with Gasteiger partial charge in [0, 0.05) is 0 Å². The Labute approximate surface area is 91.0 Å². The molecule has 0 fully saturated rings. The minimum atomic E-state index is 0.159. The zero-order valence-corrected chi connectivity index (χ0v) is 9.45. The Morgan fingerprint density at radius 2 is 2.21 bits per heavy atom. The monoisotopic (exact) mass is 222 g/mol. The molecular weight excluding hydrogens is 212 g/mol. The van der Waals surface area contributed by atoms with E-state index in [1.807, 2.05) is 6.07 Å². The van der Waals surface area contributed by atoms with Crippen LogP contribution in [0.2, 0.25) is 0 Å². The van der Waals surface area contributed by atoms with Crippen LogP contribution < -0.4 is 0 Å². The van der Waals surface area contributed by atoms with Crippen LogP contribution in [0.25, 0.3) is 0 Å². The van der Waals surface area contributed by atoms with E-state index in [1.165, 1.54) is 22.5 Å². The maximum Gasteiger partial charge on any atom is 0.169 e. The lowest BCUT2D eigenvalue weighted by molar-refractivity contribution is 0.102. The highest BCUT2D eigenvalue weighted by Gasteiger charge is 2.04. The van der Waals surface area contributed by atoms with Gasteiger partial charge >= 0.3 is 0 Å². The molecule has 0 aliphatic heterocycles. The Bertz CT molecular complexity index is 426. The maximum absolute atomic E-state index is 11.1. The van der Waals surface area contributed by atoms with Crippen LogP contribution in [0.4, 0.5) is 0 Å². The van der Waals surface area contributed by atoms with Gasteiger partial charge in [0.15, 0.2) is 5.78 Å². The zero-order chi connectivity index (χ0) is 9.97. The van der Waals surface area contributed by atoms with Gasteiger partial charge < -0.3 is 0 Å². The summed E-state index contributed by atoms with van der Waals surface area (Å²) >= 11 is 3.24. The summed E-state index contributed by atoms with van der Waals surface area (Å²) in [6.07, 6.45) is 0.938. The van der Waals surface area contributed by atoms with Crippen molar-refractivity contribution < 1.29 is 4.79 Å². The van der Waals surface area contributed by atoms with E-state index in [4.69, 9.17) is 0 Å². The topological polar surface area (TPSA) is 17.1 Å². The van der Waals surface area contributed by atoms with Gasteiger partial charge in [0.2, 0.25) is 0 Å². The highest BCUT2D eigenvalue weighted by molar-refractivity contribution is 7.12. The molecule has 0 aromatic carbocycles. The summed E-state index contributed by atoms with van der Waals surface area (Å²) in [5, 5.41) is 6.28. The summed E-state index contributed by atoms with van der Waals surface area (Å²) in [6.45, 7) is 1.61. The predicted molar refractivity (Wildman–Crippen MR) is 61.4 cm³/mol. The summed E-state index contributed by atoms with van der Waals surface area (Å²) < 4.78 is 0. The Morgan fingerprint density at radius 1 is 1.36 bits per heavy atom. The van der Waals surface area contributed by atoms with Crippen LogP contribution in [0.1, 0.15) is 27.7 Å². The smallest absolute Gasteiger partial charge is 0.169 e. The van der Waals surface area contributed by atoms with Crippen molar-refractivity contribution in [2.75, 3.05) is 0 Å². The lowest BCUT2D eigenvalue weighted by Gasteiger charge is -1.91. The van der Waals surface area contributed by atoms with Gasteiger partial charge in [-0.05, 0) is 52.7 Å². The first-order valence-corrected chi connectivity index (χ1v) is 6.17. The van der Waals surface area contributed by atoms with Gasteiger partial charge in [-0.1, -0.05) is 0 Å². The van der Waals surface area contributed by atoms with E-state index in [1.54, 1.807) is 18.3 Å². The molecule has 2 rings (SSSR count). The third-order valence-electron chi connectivity index (χ3n) is 1.99. The van der Waals surface area contributed by atoms with Crippen molar-refractivity contribution in [2.24, 2.45) is 0 Å². The lowest BCUT2D eigenvalue weighted by atomic mass is 10.1. The number of rotatable bonds is 3. The first-order valence-electron chi connectivity index (χ1n) is 4.35. The van der Waals surface area contributed by atoms with E-state index < -0.39 is 0 Å². The van der Waals surface area contributed by atoms with E-state index >= 15 is 0 Å². The van der Waals surface area contributed by atoms with Crippen molar-refractivity contribution in [1.82, 2.24) is 0 Å². The third-order valence-corrected chi connectivity index (χ3v) is 3.80. The van der Waals surface area contributed by atoms with Crippen LogP contribution in [0.15, 0.2) is 28.3 Å². The Balaban J connectivity index is 2.14. The molecule has 0 bridgehead atoms. The summed E-state index contributed by atoms with van der Waals surface area (Å²) in [7, 11) is 0. The maximum atomic E-state index is 11.1. The van der Waals surface area contributed by atoms with E-state index in [2.05, 4.69) is 22.2 Å². The largest absolute Gasteiger partial charge is 0.294 e. The summed E-state index contributed by atoms with van der Waals surface area (Å²) in [4.78, 5) is 11.9. The van der Waals surface area contributed by atoms with Crippen molar-refractivity contribution in [1.29, 1.82) is 0 Å². The van der Waals surface area contributed by atoms with Crippen LogP contribution in [0.3, 0.4) is 0 Å². The van der Waals surface area contributed by atoms with E-state index in [9.17, 15) is 4.79 Å². The van der Waals surface area contributed by atoms with Gasteiger partial charge in [-0.2, -0.15) is 11.3 Å². The Kier molecular flexibility index (Phi) is 2.79. The lowest BCUT2D eigenvalue weighted by Crippen LogP contribution is -1.86. The van der Waals surface area contributed by atoms with E-state index in [0.717, 1.165) is 11.3 Å². The molecule has 3 heteroatoms. The van der Waals surface area contributed by atoms with Gasteiger partial charge in [0.1, 0.15) is 0 Å². The van der Waals surface area contributed by atoms with Crippen LogP contribution in [-0.2, 0) is 6.42 Å². The number of carbonyl (C=O) groups is 1. The number of ketones is 1. The van der Waals surface area contributed by atoms with Crippen LogP contribution in [0, 0.1) is 0 Å². The molecule has 0 aliphatic carbocycles. The molecule has 0 atom stereocenters. The van der Waals surface area contributed by atoms with Gasteiger partial charge in [-0.3, -0.25) is 4.79 Å². The fourth-order valence-electron chi connectivity index (χ4n) is 1.28. The highest BCUT2D eigenvalue weighted by Crippen LogP contribution is 2.19. The standard InChI is InChI=1S/C11H10OS2/c1-8(12)11-5-10(7-14-11)4-9-2-3-13-6-9/h2-3,5-7H,4H2,1H3. The number of hydrogen-bond acceptors (Lipinski definition) is 3. The fraction of sp³-hybridized carbons (Fsp3) is 0.182. The molecule has 14 heavy (non-hydrogen) atoms. The van der Waals surface area contributed by atoms with Crippen molar-refractivity contribution in [3.8, 4) is 0 Å². The second-order valence-corrected chi connectivity index (χ2v) is 4.88. The molecule has 0 aliphatic rings. The molecule has 0 amide bonds. The second kappa shape index (κ2) is 4.07. The van der Waals surface area contributed by atoms with Crippen LogP contribution >= 0.6 is 22.7 Å². The molecule has 1 nitrogen and oxygen atoms in total. The quantitative estimate of drug-likeness (QED) is 0.725. The molecule has 2 aromatic heterocycles. The molecule has 72 valence electrons. The summed E-state index contributed by atoms with van der Waals surface area (Å²) in [5.74, 6) is 0.159. The van der Waals surface area contributed by atoms with Gasteiger partial charge in [0.05, 0.1) is 4.88 Å². The number of hydrogen-bond donors (Lipinski definition) is 0. The Morgan fingerprint density at radius 3 is 2.79 bits per heavy atom. The molecule has 2 aromatic rings. The molecule has 0 radical (unpaired) electrons. The van der Waals surface area contributed by atoms with Crippen molar-refractivity contribution in [3.05, 3.63) is 44.3 Å². The molecule has 2 heterocycles. The van der Waals surface area contributed by atoms with Crippen LogP contribution in [-0.4, -0.2) is 5.78 Å². The molecular formula is C11H10OS2. The number of Topliss-reactive ketones (excluding diaryl/α,β-unsaturated/α-hetero) is 1.